The quantitative estimate of drug-likeness (QED) is 0.841. The second kappa shape index (κ2) is 5.85. The van der Waals surface area contributed by atoms with Crippen molar-refractivity contribution in [3.05, 3.63) is 52.0 Å². The maximum Gasteiger partial charge on any atom is 0.0897 e. The molecule has 1 fully saturated rings. The zero-order chi connectivity index (χ0) is 13.1. The van der Waals surface area contributed by atoms with Crippen LogP contribution < -0.4 is 0 Å². The summed E-state index contributed by atoms with van der Waals surface area (Å²) in [5.41, 5.74) is 2.72. The summed E-state index contributed by atoms with van der Waals surface area (Å²) in [6.07, 6.45) is 3.68. The summed E-state index contributed by atoms with van der Waals surface area (Å²) in [5, 5.41) is 3.37. The summed E-state index contributed by atoms with van der Waals surface area (Å²) < 4.78 is 0. The Hall–Kier alpha value is -1.19. The van der Waals surface area contributed by atoms with Gasteiger partial charge in [0.15, 0.2) is 0 Å². The van der Waals surface area contributed by atoms with Gasteiger partial charge in [0.2, 0.25) is 0 Å². The number of hydrogen-bond acceptors (Lipinski definition) is 3. The lowest BCUT2D eigenvalue weighted by Gasteiger charge is -2.24. The molecule has 19 heavy (non-hydrogen) atoms. The Kier molecular flexibility index (Phi) is 3.95. The third-order valence-corrected chi connectivity index (χ3v) is 4.69. The van der Waals surface area contributed by atoms with E-state index in [-0.39, 0.29) is 0 Å². The topological polar surface area (TPSA) is 16.1 Å². The van der Waals surface area contributed by atoms with Crippen LogP contribution in [0.25, 0.3) is 0 Å². The van der Waals surface area contributed by atoms with Gasteiger partial charge in [-0.2, -0.15) is 0 Å². The molecule has 0 saturated carbocycles. The fourth-order valence-corrected chi connectivity index (χ4v) is 3.57. The normalized spacial score (nSPS) is 19.9. The van der Waals surface area contributed by atoms with Gasteiger partial charge < -0.3 is 0 Å². The molecule has 1 unspecified atom stereocenters. The molecule has 2 nitrogen and oxygen atoms in total. The summed E-state index contributed by atoms with van der Waals surface area (Å²) in [6.45, 7) is 4.43. The lowest BCUT2D eigenvalue weighted by molar-refractivity contribution is 0.260. The van der Waals surface area contributed by atoms with Gasteiger partial charge in [-0.05, 0) is 31.9 Å². The van der Waals surface area contributed by atoms with Crippen LogP contribution in [0.15, 0.2) is 35.7 Å². The van der Waals surface area contributed by atoms with Crippen molar-refractivity contribution in [1.82, 2.24) is 9.88 Å². The lowest BCUT2D eigenvalue weighted by atomic mass is 10.0. The average molecular weight is 272 g/mol. The Labute approximate surface area is 119 Å². The highest BCUT2D eigenvalue weighted by atomic mass is 32.1. The summed E-state index contributed by atoms with van der Waals surface area (Å²) in [4.78, 5) is 7.18. The molecule has 0 spiro atoms. The number of aryl methyl sites for hydroxylation is 1. The van der Waals surface area contributed by atoms with Gasteiger partial charge in [-0.1, -0.05) is 30.3 Å². The minimum absolute atomic E-state index is 0.612. The van der Waals surface area contributed by atoms with E-state index in [1.54, 1.807) is 11.3 Å². The van der Waals surface area contributed by atoms with Crippen molar-refractivity contribution in [2.45, 2.75) is 32.2 Å². The first kappa shape index (κ1) is 12.8. The number of benzene rings is 1. The Balaban J connectivity index is 1.64. The van der Waals surface area contributed by atoms with E-state index in [2.05, 4.69) is 52.5 Å². The first-order valence-electron chi connectivity index (χ1n) is 7.03. The summed E-state index contributed by atoms with van der Waals surface area (Å²) in [7, 11) is 0. The zero-order valence-electron chi connectivity index (χ0n) is 11.4. The maximum atomic E-state index is 4.56. The molecule has 3 rings (SSSR count). The second-order valence-corrected chi connectivity index (χ2v) is 6.27. The molecule has 3 heteroatoms. The van der Waals surface area contributed by atoms with Gasteiger partial charge in [-0.25, -0.2) is 4.98 Å². The zero-order valence-corrected chi connectivity index (χ0v) is 12.2. The van der Waals surface area contributed by atoms with E-state index in [1.807, 2.05) is 0 Å². The van der Waals surface area contributed by atoms with Crippen LogP contribution in [0, 0.1) is 6.92 Å². The van der Waals surface area contributed by atoms with E-state index in [9.17, 15) is 0 Å². The molecule has 1 aromatic carbocycles. The molecule has 0 aliphatic carbocycles. The first-order valence-corrected chi connectivity index (χ1v) is 7.91. The number of likely N-dealkylation sites (tertiary alicyclic amines) is 1. The minimum atomic E-state index is 0.612. The Morgan fingerprint density at radius 1 is 1.32 bits per heavy atom. The van der Waals surface area contributed by atoms with Gasteiger partial charge in [0.25, 0.3) is 0 Å². The predicted octanol–water partition coefficient (Wildman–Crippen LogP) is 3.83. The molecule has 2 aromatic rings. The molecule has 1 aliphatic heterocycles. The van der Waals surface area contributed by atoms with E-state index >= 15 is 0 Å². The van der Waals surface area contributed by atoms with Crippen molar-refractivity contribution in [3.8, 4) is 0 Å². The van der Waals surface area contributed by atoms with Crippen LogP contribution in [0.3, 0.4) is 0 Å². The van der Waals surface area contributed by atoms with Crippen molar-refractivity contribution in [2.75, 3.05) is 13.1 Å². The molecule has 1 saturated heterocycles. The monoisotopic (exact) mass is 272 g/mol. The maximum absolute atomic E-state index is 4.56. The highest BCUT2D eigenvalue weighted by molar-refractivity contribution is 7.09. The molecule has 0 radical (unpaired) electrons. The molecule has 1 aliphatic rings. The molecule has 1 aromatic heterocycles. The fourth-order valence-electron chi connectivity index (χ4n) is 2.93. The minimum Gasteiger partial charge on any atom is -0.296 e. The van der Waals surface area contributed by atoms with Crippen molar-refractivity contribution < 1.29 is 0 Å². The molecule has 0 amide bonds. The fraction of sp³-hybridized carbons (Fsp3) is 0.438. The van der Waals surface area contributed by atoms with E-state index in [0.29, 0.717) is 6.04 Å². The van der Waals surface area contributed by atoms with Crippen LogP contribution in [-0.4, -0.2) is 23.0 Å². The first-order chi connectivity index (χ1) is 9.33. The van der Waals surface area contributed by atoms with Gasteiger partial charge in [0.1, 0.15) is 0 Å². The smallest absolute Gasteiger partial charge is 0.0897 e. The number of rotatable bonds is 4. The van der Waals surface area contributed by atoms with Crippen LogP contribution in [0.2, 0.25) is 0 Å². The van der Waals surface area contributed by atoms with Crippen LogP contribution in [0.4, 0.5) is 0 Å². The molecular formula is C16H20N2S. The number of thiazole rings is 1. The Morgan fingerprint density at radius 2 is 2.16 bits per heavy atom. The molecule has 0 bridgehead atoms. The molecule has 1 atom stereocenters. The Morgan fingerprint density at radius 3 is 2.89 bits per heavy atom. The SMILES string of the molecule is Cc1nc(CCN2CCCC2c2ccccc2)cs1. The Bertz CT molecular complexity index is 521. The van der Waals surface area contributed by atoms with Crippen LogP contribution >= 0.6 is 11.3 Å². The van der Waals surface area contributed by atoms with Crippen molar-refractivity contribution in [2.24, 2.45) is 0 Å². The second-order valence-electron chi connectivity index (χ2n) is 5.21. The summed E-state index contributed by atoms with van der Waals surface area (Å²) >= 11 is 1.75. The standard InChI is InChI=1S/C16H20N2S/c1-13-17-15(12-19-13)9-11-18-10-5-8-16(18)14-6-3-2-4-7-14/h2-4,6-7,12,16H,5,8-11H2,1H3. The lowest BCUT2D eigenvalue weighted by Crippen LogP contribution is -2.25. The number of aromatic nitrogens is 1. The van der Waals surface area contributed by atoms with Crippen LogP contribution in [0.5, 0.6) is 0 Å². The van der Waals surface area contributed by atoms with Gasteiger partial charge in [0, 0.05) is 24.4 Å². The number of nitrogens with zero attached hydrogens (tertiary/aromatic N) is 2. The number of hydrogen-bond donors (Lipinski definition) is 0. The molecule has 0 N–H and O–H groups in total. The summed E-state index contributed by atoms with van der Waals surface area (Å²) in [6, 6.07) is 11.5. The third-order valence-electron chi connectivity index (χ3n) is 3.87. The van der Waals surface area contributed by atoms with E-state index in [4.69, 9.17) is 0 Å². The van der Waals surface area contributed by atoms with Gasteiger partial charge in [-0.3, -0.25) is 4.90 Å². The largest absolute Gasteiger partial charge is 0.296 e. The van der Waals surface area contributed by atoms with Gasteiger partial charge >= 0.3 is 0 Å². The molecule has 2 heterocycles. The molecule has 100 valence electrons. The highest BCUT2D eigenvalue weighted by Crippen LogP contribution is 2.31. The van der Waals surface area contributed by atoms with Crippen molar-refractivity contribution >= 4 is 11.3 Å². The van der Waals surface area contributed by atoms with Crippen LogP contribution in [0.1, 0.15) is 35.1 Å². The van der Waals surface area contributed by atoms with Crippen molar-refractivity contribution in [3.63, 3.8) is 0 Å². The third kappa shape index (κ3) is 3.04. The van der Waals surface area contributed by atoms with Gasteiger partial charge in [0.05, 0.1) is 10.7 Å². The highest BCUT2D eigenvalue weighted by Gasteiger charge is 2.25. The van der Waals surface area contributed by atoms with E-state index < -0.39 is 0 Å². The van der Waals surface area contributed by atoms with Crippen molar-refractivity contribution in [1.29, 1.82) is 0 Å². The van der Waals surface area contributed by atoms with Crippen LogP contribution in [-0.2, 0) is 6.42 Å². The molecular weight excluding hydrogens is 252 g/mol. The van der Waals surface area contributed by atoms with E-state index in [0.717, 1.165) is 13.0 Å². The summed E-state index contributed by atoms with van der Waals surface area (Å²) in [5.74, 6) is 0. The van der Waals surface area contributed by atoms with Gasteiger partial charge in [-0.15, -0.1) is 11.3 Å². The predicted molar refractivity (Wildman–Crippen MR) is 80.5 cm³/mol. The average Bonchev–Trinajstić information content (AvgIpc) is 3.06. The van der Waals surface area contributed by atoms with E-state index in [1.165, 1.54) is 35.7 Å².